The zero-order valence-electron chi connectivity index (χ0n) is 13.7. The molecule has 6 nitrogen and oxygen atoms in total. The molecule has 128 valence electrons. The number of imidazole rings is 1. The molecule has 0 aliphatic carbocycles. The van der Waals surface area contributed by atoms with Crippen molar-refractivity contribution in [3.05, 3.63) is 47.5 Å². The number of aromatic amines is 1. The van der Waals surface area contributed by atoms with E-state index in [-0.39, 0.29) is 11.9 Å². The summed E-state index contributed by atoms with van der Waals surface area (Å²) in [4.78, 5) is 24.4. The Bertz CT molecular complexity index is 667. The number of nitrogens with zero attached hydrogens (tertiary/aromatic N) is 3. The first-order valence-corrected chi connectivity index (χ1v) is 8.51. The zero-order chi connectivity index (χ0) is 16.9. The lowest BCUT2D eigenvalue weighted by Gasteiger charge is -2.37. The SMILES string of the molecule is CC(C(=O)Nc1cccc(Cl)c1)N1CCN(Cc2ncc[nH]2)CC1. The van der Waals surface area contributed by atoms with Gasteiger partial charge in [0.25, 0.3) is 0 Å². The molecule has 24 heavy (non-hydrogen) atoms. The number of benzene rings is 1. The summed E-state index contributed by atoms with van der Waals surface area (Å²) >= 11 is 5.96. The molecule has 2 heterocycles. The Morgan fingerprint density at radius 1 is 1.38 bits per heavy atom. The van der Waals surface area contributed by atoms with E-state index in [1.165, 1.54) is 0 Å². The molecule has 0 radical (unpaired) electrons. The van der Waals surface area contributed by atoms with E-state index in [4.69, 9.17) is 11.6 Å². The molecule has 0 saturated carbocycles. The van der Waals surface area contributed by atoms with Gasteiger partial charge in [-0.1, -0.05) is 17.7 Å². The molecule has 1 aliphatic heterocycles. The number of rotatable bonds is 5. The summed E-state index contributed by atoms with van der Waals surface area (Å²) < 4.78 is 0. The van der Waals surface area contributed by atoms with Crippen LogP contribution in [-0.4, -0.2) is 57.9 Å². The number of piperazine rings is 1. The van der Waals surface area contributed by atoms with E-state index in [0.29, 0.717) is 5.02 Å². The van der Waals surface area contributed by atoms with Gasteiger partial charge in [-0.05, 0) is 25.1 Å². The first-order valence-electron chi connectivity index (χ1n) is 8.13. The van der Waals surface area contributed by atoms with E-state index in [0.717, 1.165) is 44.2 Å². The van der Waals surface area contributed by atoms with Crippen molar-refractivity contribution in [1.29, 1.82) is 0 Å². The van der Waals surface area contributed by atoms with Crippen LogP contribution in [0.3, 0.4) is 0 Å². The number of hydrogen-bond acceptors (Lipinski definition) is 4. The van der Waals surface area contributed by atoms with Crippen molar-refractivity contribution in [2.45, 2.75) is 19.5 Å². The molecule has 3 rings (SSSR count). The molecule has 1 amide bonds. The fourth-order valence-corrected chi connectivity index (χ4v) is 3.07. The van der Waals surface area contributed by atoms with Crippen molar-refractivity contribution < 1.29 is 4.79 Å². The molecule has 2 N–H and O–H groups in total. The second-order valence-corrected chi connectivity index (χ2v) is 6.46. The van der Waals surface area contributed by atoms with E-state index < -0.39 is 0 Å². The van der Waals surface area contributed by atoms with Crippen molar-refractivity contribution in [3.8, 4) is 0 Å². The van der Waals surface area contributed by atoms with Crippen molar-refractivity contribution in [3.63, 3.8) is 0 Å². The fraction of sp³-hybridized carbons (Fsp3) is 0.412. The number of nitrogens with one attached hydrogen (secondary N) is 2. The van der Waals surface area contributed by atoms with Gasteiger partial charge in [-0.3, -0.25) is 14.6 Å². The lowest BCUT2D eigenvalue weighted by Crippen LogP contribution is -2.52. The van der Waals surface area contributed by atoms with Gasteiger partial charge in [0.05, 0.1) is 12.6 Å². The largest absolute Gasteiger partial charge is 0.348 e. The highest BCUT2D eigenvalue weighted by Gasteiger charge is 2.25. The highest BCUT2D eigenvalue weighted by molar-refractivity contribution is 6.30. The first kappa shape index (κ1) is 17.0. The van der Waals surface area contributed by atoms with Gasteiger partial charge in [-0.15, -0.1) is 0 Å². The number of H-pyrrole nitrogens is 1. The third-order valence-corrected chi connectivity index (χ3v) is 4.59. The quantitative estimate of drug-likeness (QED) is 0.870. The Labute approximate surface area is 146 Å². The molecular formula is C17H22ClN5O. The monoisotopic (exact) mass is 347 g/mol. The Kier molecular flexibility index (Phi) is 5.50. The van der Waals surface area contributed by atoms with E-state index in [9.17, 15) is 4.79 Å². The molecule has 2 aromatic rings. The number of anilines is 1. The summed E-state index contributed by atoms with van der Waals surface area (Å²) in [5, 5.41) is 3.55. The lowest BCUT2D eigenvalue weighted by molar-refractivity contribution is -0.121. The molecule has 1 fully saturated rings. The Hall–Kier alpha value is -1.89. The van der Waals surface area contributed by atoms with Gasteiger partial charge in [-0.2, -0.15) is 0 Å². The second kappa shape index (κ2) is 7.79. The van der Waals surface area contributed by atoms with Crippen LogP contribution < -0.4 is 5.32 Å². The fourth-order valence-electron chi connectivity index (χ4n) is 2.88. The molecule has 1 aromatic heterocycles. The van der Waals surface area contributed by atoms with Crippen molar-refractivity contribution in [1.82, 2.24) is 19.8 Å². The average molecular weight is 348 g/mol. The third kappa shape index (κ3) is 4.35. The van der Waals surface area contributed by atoms with Crippen LogP contribution in [0.2, 0.25) is 5.02 Å². The van der Waals surface area contributed by atoms with Crippen LogP contribution in [-0.2, 0) is 11.3 Å². The Morgan fingerprint density at radius 3 is 2.83 bits per heavy atom. The summed E-state index contributed by atoms with van der Waals surface area (Å²) in [5.74, 6) is 0.979. The molecule has 1 aromatic carbocycles. The van der Waals surface area contributed by atoms with E-state index in [1.54, 1.807) is 18.3 Å². The summed E-state index contributed by atoms with van der Waals surface area (Å²) in [6.45, 7) is 6.35. The molecule has 1 atom stereocenters. The minimum absolute atomic E-state index is 0.00301. The van der Waals surface area contributed by atoms with Crippen LogP contribution in [0.5, 0.6) is 0 Å². The summed E-state index contributed by atoms with van der Waals surface area (Å²) in [7, 11) is 0. The minimum Gasteiger partial charge on any atom is -0.348 e. The van der Waals surface area contributed by atoms with Gasteiger partial charge in [0, 0.05) is 49.3 Å². The molecule has 0 spiro atoms. The van der Waals surface area contributed by atoms with Crippen LogP contribution in [0.4, 0.5) is 5.69 Å². The summed E-state index contributed by atoms with van der Waals surface area (Å²) in [6.07, 6.45) is 3.61. The molecule has 7 heteroatoms. The Balaban J connectivity index is 1.49. The third-order valence-electron chi connectivity index (χ3n) is 4.35. The standard InChI is InChI=1S/C17H22ClN5O/c1-13(17(24)21-15-4-2-3-14(18)11-15)23-9-7-22(8-10-23)12-16-19-5-6-20-16/h2-6,11,13H,7-10,12H2,1H3,(H,19,20)(H,21,24). The number of carbonyl (C=O) groups excluding carboxylic acids is 1. The summed E-state index contributed by atoms with van der Waals surface area (Å²) in [5.41, 5.74) is 0.732. The van der Waals surface area contributed by atoms with Crippen molar-refractivity contribution >= 4 is 23.2 Å². The topological polar surface area (TPSA) is 64.3 Å². The molecule has 1 unspecified atom stereocenters. The molecular weight excluding hydrogens is 326 g/mol. The van der Waals surface area contributed by atoms with E-state index in [2.05, 4.69) is 25.1 Å². The number of carbonyl (C=O) groups is 1. The maximum atomic E-state index is 12.4. The van der Waals surface area contributed by atoms with Gasteiger partial charge in [0.15, 0.2) is 0 Å². The van der Waals surface area contributed by atoms with Gasteiger partial charge >= 0.3 is 0 Å². The average Bonchev–Trinajstić information content (AvgIpc) is 3.08. The number of halogens is 1. The second-order valence-electron chi connectivity index (χ2n) is 6.02. The molecule has 0 bridgehead atoms. The van der Waals surface area contributed by atoms with Crippen LogP contribution in [0.1, 0.15) is 12.7 Å². The highest BCUT2D eigenvalue weighted by atomic mass is 35.5. The van der Waals surface area contributed by atoms with Gasteiger partial charge < -0.3 is 10.3 Å². The number of hydrogen-bond donors (Lipinski definition) is 2. The van der Waals surface area contributed by atoms with Crippen LogP contribution in [0.25, 0.3) is 0 Å². The van der Waals surface area contributed by atoms with Gasteiger partial charge in [0.2, 0.25) is 5.91 Å². The van der Waals surface area contributed by atoms with E-state index in [1.807, 2.05) is 25.3 Å². The van der Waals surface area contributed by atoms with Crippen molar-refractivity contribution in [2.24, 2.45) is 0 Å². The number of amides is 1. The predicted octanol–water partition coefficient (Wildman–Crippen LogP) is 2.21. The minimum atomic E-state index is -0.172. The smallest absolute Gasteiger partial charge is 0.241 e. The van der Waals surface area contributed by atoms with Crippen molar-refractivity contribution in [2.75, 3.05) is 31.5 Å². The van der Waals surface area contributed by atoms with Crippen LogP contribution in [0.15, 0.2) is 36.7 Å². The summed E-state index contributed by atoms with van der Waals surface area (Å²) in [6, 6.07) is 7.05. The van der Waals surface area contributed by atoms with E-state index >= 15 is 0 Å². The lowest BCUT2D eigenvalue weighted by atomic mass is 10.2. The first-order chi connectivity index (χ1) is 11.6. The normalized spacial score (nSPS) is 17.6. The molecule has 1 aliphatic rings. The highest BCUT2D eigenvalue weighted by Crippen LogP contribution is 2.16. The van der Waals surface area contributed by atoms with Crippen LogP contribution in [0, 0.1) is 0 Å². The maximum absolute atomic E-state index is 12.4. The van der Waals surface area contributed by atoms with Crippen LogP contribution >= 0.6 is 11.6 Å². The maximum Gasteiger partial charge on any atom is 0.241 e. The zero-order valence-corrected chi connectivity index (χ0v) is 14.5. The van der Waals surface area contributed by atoms with Gasteiger partial charge in [0.1, 0.15) is 5.82 Å². The Morgan fingerprint density at radius 2 is 2.17 bits per heavy atom. The number of aromatic nitrogens is 2. The predicted molar refractivity (Wildman–Crippen MR) is 95.0 cm³/mol. The molecule has 1 saturated heterocycles. The van der Waals surface area contributed by atoms with Gasteiger partial charge in [-0.25, -0.2) is 4.98 Å².